The summed E-state index contributed by atoms with van der Waals surface area (Å²) < 4.78 is 5.32. The van der Waals surface area contributed by atoms with Gasteiger partial charge in [-0.3, -0.25) is 4.79 Å². The minimum absolute atomic E-state index is 0.220. The smallest absolute Gasteiger partial charge is 0.231 e. The lowest BCUT2D eigenvalue weighted by Gasteiger charge is -2.32. The van der Waals surface area contributed by atoms with E-state index in [4.69, 9.17) is 4.74 Å². The lowest BCUT2D eigenvalue weighted by Crippen LogP contribution is -3.12. The van der Waals surface area contributed by atoms with Crippen molar-refractivity contribution in [1.82, 2.24) is 4.90 Å². The number of ether oxygens (including phenoxy) is 1. The number of rotatable bonds is 4. The molecule has 2 saturated heterocycles. The molecule has 1 N–H and O–H groups in total. The molecule has 132 valence electrons. The third-order valence-electron chi connectivity index (χ3n) is 5.47. The summed E-state index contributed by atoms with van der Waals surface area (Å²) in [7, 11) is 1.71. The highest BCUT2D eigenvalue weighted by atomic mass is 16.5. The minimum Gasteiger partial charge on any atom is -0.497 e. The number of nitrogens with one attached hydrogen (secondary N) is 1. The second-order valence-electron chi connectivity index (χ2n) is 7.31. The van der Waals surface area contributed by atoms with Gasteiger partial charge in [-0.15, -0.1) is 0 Å². The number of hydrogen-bond donors (Lipinski definition) is 1. The van der Waals surface area contributed by atoms with Crippen LogP contribution in [0.1, 0.15) is 44.1 Å². The molecule has 1 aromatic carbocycles. The van der Waals surface area contributed by atoms with Gasteiger partial charge in [0.2, 0.25) is 5.91 Å². The van der Waals surface area contributed by atoms with E-state index in [-0.39, 0.29) is 5.92 Å². The molecule has 0 spiro atoms. The highest BCUT2D eigenvalue weighted by Crippen LogP contribution is 2.17. The number of benzene rings is 1. The number of quaternary nitrogens is 1. The Bertz CT molecular complexity index is 538. The summed E-state index contributed by atoms with van der Waals surface area (Å²) in [5.41, 5.74) is 1.30. The van der Waals surface area contributed by atoms with Crippen molar-refractivity contribution in [3.63, 3.8) is 0 Å². The summed E-state index contributed by atoms with van der Waals surface area (Å²) in [4.78, 5) is 16.6. The van der Waals surface area contributed by atoms with Crippen molar-refractivity contribution >= 4 is 5.91 Å². The molecule has 2 heterocycles. The number of hydrogen-bond acceptors (Lipinski definition) is 2. The molecule has 0 radical (unpaired) electrons. The van der Waals surface area contributed by atoms with E-state index >= 15 is 0 Å². The van der Waals surface area contributed by atoms with Crippen LogP contribution in [0.15, 0.2) is 24.3 Å². The lowest BCUT2D eigenvalue weighted by molar-refractivity contribution is -0.921. The molecular weight excluding hydrogens is 300 g/mol. The van der Waals surface area contributed by atoms with Gasteiger partial charge in [0, 0.05) is 18.7 Å². The first-order chi connectivity index (χ1) is 11.8. The molecule has 2 fully saturated rings. The average Bonchev–Trinajstić information content (AvgIpc) is 2.91. The first kappa shape index (κ1) is 17.3. The highest BCUT2D eigenvalue weighted by molar-refractivity contribution is 5.79. The van der Waals surface area contributed by atoms with Gasteiger partial charge in [0.15, 0.2) is 0 Å². The van der Waals surface area contributed by atoms with E-state index in [2.05, 4.69) is 23.1 Å². The topological polar surface area (TPSA) is 34.0 Å². The van der Waals surface area contributed by atoms with E-state index in [0.29, 0.717) is 5.91 Å². The standard InChI is InChI=1S/C20H30N2O2/c1-24-19-10-6-8-17(14-19)15-21-11-7-9-18(16-21)20(23)22-12-4-2-3-5-13-22/h6,8,10,14,18H,2-5,7,9,11-13,15-16H2,1H3/p+1/t18-/m0/s1. The number of carbonyl (C=O) groups is 1. The van der Waals surface area contributed by atoms with Crippen LogP contribution in [0.4, 0.5) is 0 Å². The second-order valence-corrected chi connectivity index (χ2v) is 7.31. The maximum atomic E-state index is 12.9. The van der Waals surface area contributed by atoms with Crippen molar-refractivity contribution < 1.29 is 14.4 Å². The van der Waals surface area contributed by atoms with Crippen LogP contribution in [0, 0.1) is 5.92 Å². The minimum atomic E-state index is 0.220. The molecule has 0 saturated carbocycles. The van der Waals surface area contributed by atoms with E-state index < -0.39 is 0 Å². The largest absolute Gasteiger partial charge is 0.497 e. The lowest BCUT2D eigenvalue weighted by atomic mass is 9.96. The van der Waals surface area contributed by atoms with E-state index in [0.717, 1.165) is 44.8 Å². The molecule has 2 atom stereocenters. The van der Waals surface area contributed by atoms with Crippen molar-refractivity contribution in [1.29, 1.82) is 0 Å². The Morgan fingerprint density at radius 1 is 1.21 bits per heavy atom. The zero-order valence-corrected chi connectivity index (χ0v) is 14.9. The maximum Gasteiger partial charge on any atom is 0.231 e. The Hall–Kier alpha value is -1.55. The molecule has 4 nitrogen and oxygen atoms in total. The summed E-state index contributed by atoms with van der Waals surface area (Å²) in [6.45, 7) is 5.08. The number of piperidine rings is 1. The molecule has 0 bridgehead atoms. The molecule has 1 aromatic rings. The monoisotopic (exact) mass is 331 g/mol. The van der Waals surface area contributed by atoms with Gasteiger partial charge in [-0.2, -0.15) is 0 Å². The normalized spacial score (nSPS) is 25.1. The first-order valence-corrected chi connectivity index (χ1v) is 9.51. The molecular formula is C20H31N2O2+. The van der Waals surface area contributed by atoms with Gasteiger partial charge in [-0.05, 0) is 37.8 Å². The van der Waals surface area contributed by atoms with E-state index in [9.17, 15) is 4.79 Å². The fourth-order valence-corrected chi connectivity index (χ4v) is 4.14. The van der Waals surface area contributed by atoms with E-state index in [1.807, 2.05) is 6.07 Å². The summed E-state index contributed by atoms with van der Waals surface area (Å²) in [6, 6.07) is 8.32. The molecule has 1 unspecified atom stereocenters. The fraction of sp³-hybridized carbons (Fsp3) is 0.650. The van der Waals surface area contributed by atoms with Crippen molar-refractivity contribution in [3.8, 4) is 5.75 Å². The highest BCUT2D eigenvalue weighted by Gasteiger charge is 2.31. The van der Waals surface area contributed by atoms with Crippen LogP contribution in [0.3, 0.4) is 0 Å². The van der Waals surface area contributed by atoms with Crippen LogP contribution in [0.5, 0.6) is 5.75 Å². The number of amides is 1. The van der Waals surface area contributed by atoms with Crippen molar-refractivity contribution in [2.75, 3.05) is 33.3 Å². The Labute approximate surface area is 145 Å². The van der Waals surface area contributed by atoms with Crippen molar-refractivity contribution in [2.45, 2.75) is 45.1 Å². The quantitative estimate of drug-likeness (QED) is 0.914. The zero-order valence-electron chi connectivity index (χ0n) is 14.9. The zero-order chi connectivity index (χ0) is 16.8. The Kier molecular flexibility index (Phi) is 6.13. The number of likely N-dealkylation sites (tertiary alicyclic amines) is 2. The SMILES string of the molecule is COc1cccc(C[NH+]2CCC[C@H](C(=O)N3CCCCCC3)C2)c1. The molecule has 0 aromatic heterocycles. The Morgan fingerprint density at radius 2 is 2.00 bits per heavy atom. The third-order valence-corrected chi connectivity index (χ3v) is 5.47. The molecule has 3 rings (SSSR count). The fourth-order valence-electron chi connectivity index (χ4n) is 4.14. The molecule has 0 aliphatic carbocycles. The first-order valence-electron chi connectivity index (χ1n) is 9.51. The van der Waals surface area contributed by atoms with Gasteiger partial charge in [-0.25, -0.2) is 0 Å². The van der Waals surface area contributed by atoms with Crippen LogP contribution in [0.25, 0.3) is 0 Å². The predicted molar refractivity (Wildman–Crippen MR) is 95.2 cm³/mol. The van der Waals surface area contributed by atoms with Gasteiger partial charge in [-0.1, -0.05) is 25.0 Å². The number of nitrogens with zero attached hydrogens (tertiary/aromatic N) is 1. The number of carbonyl (C=O) groups excluding carboxylic acids is 1. The predicted octanol–water partition coefficient (Wildman–Crippen LogP) is 1.89. The molecule has 1 amide bonds. The summed E-state index contributed by atoms with van der Waals surface area (Å²) in [5, 5.41) is 0. The second kappa shape index (κ2) is 8.52. The van der Waals surface area contributed by atoms with Gasteiger partial charge in [0.05, 0.1) is 26.1 Å². The van der Waals surface area contributed by atoms with E-state index in [1.54, 1.807) is 7.11 Å². The van der Waals surface area contributed by atoms with Gasteiger partial charge in [0.1, 0.15) is 12.3 Å². The van der Waals surface area contributed by atoms with Gasteiger partial charge >= 0.3 is 0 Å². The van der Waals surface area contributed by atoms with E-state index in [1.165, 1.54) is 42.7 Å². The maximum absolute atomic E-state index is 12.9. The Morgan fingerprint density at radius 3 is 2.75 bits per heavy atom. The van der Waals surface area contributed by atoms with Gasteiger partial charge in [0.25, 0.3) is 0 Å². The van der Waals surface area contributed by atoms with Crippen LogP contribution in [0.2, 0.25) is 0 Å². The molecule has 2 aliphatic heterocycles. The van der Waals surface area contributed by atoms with Crippen molar-refractivity contribution in [2.24, 2.45) is 5.92 Å². The van der Waals surface area contributed by atoms with Crippen LogP contribution in [-0.2, 0) is 11.3 Å². The third kappa shape index (κ3) is 4.50. The molecule has 24 heavy (non-hydrogen) atoms. The van der Waals surface area contributed by atoms with Crippen LogP contribution >= 0.6 is 0 Å². The van der Waals surface area contributed by atoms with Crippen LogP contribution < -0.4 is 9.64 Å². The Balaban J connectivity index is 1.58. The number of methoxy groups -OCH3 is 1. The molecule has 4 heteroatoms. The van der Waals surface area contributed by atoms with Crippen molar-refractivity contribution in [3.05, 3.63) is 29.8 Å². The summed E-state index contributed by atoms with van der Waals surface area (Å²) in [6.07, 6.45) is 7.14. The average molecular weight is 331 g/mol. The van der Waals surface area contributed by atoms with Gasteiger partial charge < -0.3 is 14.5 Å². The molecule has 2 aliphatic rings. The summed E-state index contributed by atoms with van der Waals surface area (Å²) in [5.74, 6) is 1.55. The van der Waals surface area contributed by atoms with Crippen LogP contribution in [-0.4, -0.2) is 44.1 Å². The summed E-state index contributed by atoms with van der Waals surface area (Å²) >= 11 is 0.